The number of rotatable bonds is 2. The van der Waals surface area contributed by atoms with Crippen molar-refractivity contribution in [3.8, 4) is 0 Å². The molecule has 2 rings (SSSR count). The van der Waals surface area contributed by atoms with Crippen molar-refractivity contribution in [2.45, 2.75) is 12.5 Å². The van der Waals surface area contributed by atoms with Crippen LogP contribution in [0.2, 0.25) is 5.15 Å². The average molecular weight is 228 g/mol. The van der Waals surface area contributed by atoms with Gasteiger partial charge in [0, 0.05) is 25.4 Å². The summed E-state index contributed by atoms with van der Waals surface area (Å²) < 4.78 is 5.33. The zero-order valence-electron chi connectivity index (χ0n) is 8.61. The molecule has 0 bridgehead atoms. The lowest BCUT2D eigenvalue weighted by atomic mass is 10.2. The van der Waals surface area contributed by atoms with Crippen LogP contribution in [0.4, 0.5) is 11.5 Å². The van der Waals surface area contributed by atoms with Gasteiger partial charge in [-0.15, -0.1) is 0 Å². The molecule has 0 aliphatic carbocycles. The molecule has 4 nitrogen and oxygen atoms in total. The third-order valence-corrected chi connectivity index (χ3v) is 2.81. The molecule has 0 saturated carbocycles. The van der Waals surface area contributed by atoms with Crippen LogP contribution in [0.1, 0.15) is 6.42 Å². The van der Waals surface area contributed by atoms with E-state index in [0.29, 0.717) is 16.9 Å². The van der Waals surface area contributed by atoms with E-state index in [2.05, 4.69) is 9.88 Å². The van der Waals surface area contributed by atoms with E-state index in [4.69, 9.17) is 22.1 Å². The van der Waals surface area contributed by atoms with Crippen molar-refractivity contribution < 1.29 is 4.74 Å². The molecule has 1 saturated heterocycles. The molecular weight excluding hydrogens is 214 g/mol. The number of nitrogens with two attached hydrogens (primary N) is 1. The minimum Gasteiger partial charge on any atom is -0.399 e. The van der Waals surface area contributed by atoms with Crippen molar-refractivity contribution in [1.29, 1.82) is 0 Å². The fourth-order valence-corrected chi connectivity index (χ4v) is 1.91. The maximum Gasteiger partial charge on any atom is 0.133 e. The standard InChI is InChI=1S/C10H14ClN3O/c1-14(8-2-3-15-6-8)10-5-7(12)4-9(11)13-10/h4-5,8H,2-3,6H2,1H3,(H2,12,13). The summed E-state index contributed by atoms with van der Waals surface area (Å²) in [5.41, 5.74) is 6.35. The van der Waals surface area contributed by atoms with Gasteiger partial charge in [-0.2, -0.15) is 0 Å². The number of nitrogens with zero attached hydrogens (tertiary/aromatic N) is 2. The van der Waals surface area contributed by atoms with Crippen molar-refractivity contribution in [3.63, 3.8) is 0 Å². The Morgan fingerprint density at radius 2 is 2.40 bits per heavy atom. The van der Waals surface area contributed by atoms with Crippen LogP contribution >= 0.6 is 11.6 Å². The predicted molar refractivity (Wildman–Crippen MR) is 61.3 cm³/mol. The predicted octanol–water partition coefficient (Wildman–Crippen LogP) is 1.54. The van der Waals surface area contributed by atoms with E-state index in [1.54, 1.807) is 6.07 Å². The van der Waals surface area contributed by atoms with E-state index in [1.165, 1.54) is 0 Å². The second-order valence-electron chi connectivity index (χ2n) is 3.71. The molecule has 2 heterocycles. The van der Waals surface area contributed by atoms with Gasteiger partial charge < -0.3 is 15.4 Å². The number of halogens is 1. The Hall–Kier alpha value is -1.00. The Kier molecular flexibility index (Phi) is 2.98. The van der Waals surface area contributed by atoms with E-state index in [9.17, 15) is 0 Å². The van der Waals surface area contributed by atoms with Gasteiger partial charge >= 0.3 is 0 Å². The molecule has 0 amide bonds. The van der Waals surface area contributed by atoms with E-state index in [0.717, 1.165) is 25.5 Å². The number of likely N-dealkylation sites (N-methyl/N-ethyl adjacent to an activating group) is 1. The summed E-state index contributed by atoms with van der Waals surface area (Å²) in [6.45, 7) is 1.55. The van der Waals surface area contributed by atoms with Crippen molar-refractivity contribution in [1.82, 2.24) is 4.98 Å². The Bertz CT molecular complexity index is 332. The second-order valence-corrected chi connectivity index (χ2v) is 4.10. The number of nitrogen functional groups attached to an aromatic ring is 1. The molecule has 1 aromatic rings. The first-order valence-corrected chi connectivity index (χ1v) is 5.28. The third kappa shape index (κ3) is 2.33. The summed E-state index contributed by atoms with van der Waals surface area (Å²) in [6, 6.07) is 3.84. The smallest absolute Gasteiger partial charge is 0.133 e. The highest BCUT2D eigenvalue weighted by Crippen LogP contribution is 2.22. The van der Waals surface area contributed by atoms with Crippen molar-refractivity contribution in [2.24, 2.45) is 0 Å². The molecule has 0 radical (unpaired) electrons. The third-order valence-electron chi connectivity index (χ3n) is 2.62. The van der Waals surface area contributed by atoms with Gasteiger partial charge in [0.25, 0.3) is 0 Å². The van der Waals surface area contributed by atoms with Crippen LogP contribution < -0.4 is 10.6 Å². The summed E-state index contributed by atoms with van der Waals surface area (Å²) >= 11 is 5.85. The highest BCUT2D eigenvalue weighted by molar-refractivity contribution is 6.29. The van der Waals surface area contributed by atoms with Crippen LogP contribution in [0, 0.1) is 0 Å². The monoisotopic (exact) mass is 227 g/mol. The number of anilines is 2. The van der Waals surface area contributed by atoms with Gasteiger partial charge in [0.1, 0.15) is 11.0 Å². The van der Waals surface area contributed by atoms with Crippen LogP contribution in [0.5, 0.6) is 0 Å². The normalized spacial score (nSPS) is 20.5. The molecule has 2 N–H and O–H groups in total. The average Bonchev–Trinajstić information content (AvgIpc) is 2.67. The first-order chi connectivity index (χ1) is 7.16. The number of aromatic nitrogens is 1. The summed E-state index contributed by atoms with van der Waals surface area (Å²) in [5, 5.41) is 0.427. The first kappa shape index (κ1) is 10.5. The first-order valence-electron chi connectivity index (χ1n) is 4.90. The maximum absolute atomic E-state index is 5.85. The molecule has 1 aliphatic heterocycles. The molecule has 1 aromatic heterocycles. The molecule has 5 heteroatoms. The van der Waals surface area contributed by atoms with Crippen LogP contribution in [-0.2, 0) is 4.74 Å². The zero-order chi connectivity index (χ0) is 10.8. The molecule has 15 heavy (non-hydrogen) atoms. The maximum atomic E-state index is 5.85. The second kappa shape index (κ2) is 4.24. The minimum atomic E-state index is 0.371. The van der Waals surface area contributed by atoms with Crippen LogP contribution in [-0.4, -0.2) is 31.3 Å². The highest BCUT2D eigenvalue weighted by Gasteiger charge is 2.21. The van der Waals surface area contributed by atoms with Crippen molar-refractivity contribution in [3.05, 3.63) is 17.3 Å². The Morgan fingerprint density at radius 1 is 1.60 bits per heavy atom. The molecule has 1 fully saturated rings. The summed E-state index contributed by atoms with van der Waals surface area (Å²) in [7, 11) is 1.98. The molecule has 1 aliphatic rings. The van der Waals surface area contributed by atoms with Crippen molar-refractivity contribution >= 4 is 23.1 Å². The summed E-state index contributed by atoms with van der Waals surface area (Å²) in [6.07, 6.45) is 1.02. The van der Waals surface area contributed by atoms with Gasteiger partial charge in [-0.3, -0.25) is 0 Å². The molecule has 82 valence electrons. The molecule has 0 spiro atoms. The number of pyridine rings is 1. The van der Waals surface area contributed by atoms with Crippen LogP contribution in [0.3, 0.4) is 0 Å². The number of ether oxygens (including phenoxy) is 1. The molecule has 0 aromatic carbocycles. The Labute approximate surface area is 94.0 Å². The van der Waals surface area contributed by atoms with Crippen LogP contribution in [0.15, 0.2) is 12.1 Å². The minimum absolute atomic E-state index is 0.371. The topological polar surface area (TPSA) is 51.4 Å². The van der Waals surface area contributed by atoms with Gasteiger partial charge in [-0.25, -0.2) is 4.98 Å². The van der Waals surface area contributed by atoms with Crippen molar-refractivity contribution in [2.75, 3.05) is 30.9 Å². The SMILES string of the molecule is CN(c1cc(N)cc(Cl)n1)C1CCOC1. The quantitative estimate of drug-likeness (QED) is 0.779. The van der Waals surface area contributed by atoms with Crippen LogP contribution in [0.25, 0.3) is 0 Å². The van der Waals surface area contributed by atoms with Gasteiger partial charge in [0.05, 0.1) is 12.6 Å². The fraction of sp³-hybridized carbons (Fsp3) is 0.500. The van der Waals surface area contributed by atoms with Gasteiger partial charge in [0.2, 0.25) is 0 Å². The molecule has 1 atom stereocenters. The van der Waals surface area contributed by atoms with Gasteiger partial charge in [-0.05, 0) is 12.5 Å². The lowest BCUT2D eigenvalue weighted by Crippen LogP contribution is -2.32. The number of hydrogen-bond donors (Lipinski definition) is 1. The van der Waals surface area contributed by atoms with Gasteiger partial charge in [-0.1, -0.05) is 11.6 Å². The van der Waals surface area contributed by atoms with Gasteiger partial charge in [0.15, 0.2) is 0 Å². The Balaban J connectivity index is 2.20. The van der Waals surface area contributed by atoms with E-state index in [-0.39, 0.29) is 0 Å². The van der Waals surface area contributed by atoms with E-state index < -0.39 is 0 Å². The Morgan fingerprint density at radius 3 is 3.00 bits per heavy atom. The highest BCUT2D eigenvalue weighted by atomic mass is 35.5. The summed E-state index contributed by atoms with van der Waals surface area (Å²) in [4.78, 5) is 6.30. The molecule has 1 unspecified atom stereocenters. The number of hydrogen-bond acceptors (Lipinski definition) is 4. The van der Waals surface area contributed by atoms with E-state index in [1.807, 2.05) is 13.1 Å². The van der Waals surface area contributed by atoms with E-state index >= 15 is 0 Å². The summed E-state index contributed by atoms with van der Waals surface area (Å²) in [5.74, 6) is 0.801. The lowest BCUT2D eigenvalue weighted by Gasteiger charge is -2.24. The molecular formula is C10H14ClN3O. The zero-order valence-corrected chi connectivity index (χ0v) is 9.37. The largest absolute Gasteiger partial charge is 0.399 e. The fourth-order valence-electron chi connectivity index (χ4n) is 1.70. The lowest BCUT2D eigenvalue weighted by molar-refractivity contribution is 0.193.